The van der Waals surface area contributed by atoms with E-state index in [9.17, 15) is 4.79 Å². The highest BCUT2D eigenvalue weighted by atomic mass is 35.5. The summed E-state index contributed by atoms with van der Waals surface area (Å²) in [5.74, 6) is 0.678. The van der Waals surface area contributed by atoms with E-state index in [0.717, 1.165) is 11.3 Å². The van der Waals surface area contributed by atoms with Crippen LogP contribution in [-0.4, -0.2) is 33.0 Å². The van der Waals surface area contributed by atoms with Crippen molar-refractivity contribution in [2.24, 2.45) is 7.05 Å². The first-order chi connectivity index (χ1) is 12.5. The Balaban J connectivity index is 1.77. The molecule has 0 aliphatic heterocycles. The fourth-order valence-electron chi connectivity index (χ4n) is 2.55. The number of hydrogen-bond donors (Lipinski definition) is 0. The van der Waals surface area contributed by atoms with Gasteiger partial charge in [0.05, 0.1) is 10.3 Å². The number of aromatic nitrogens is 3. The van der Waals surface area contributed by atoms with Crippen LogP contribution >= 0.6 is 23.4 Å². The Morgan fingerprint density at radius 3 is 2.46 bits per heavy atom. The van der Waals surface area contributed by atoms with Crippen LogP contribution in [0, 0.1) is 0 Å². The third-order valence-corrected chi connectivity index (χ3v) is 5.50. The van der Waals surface area contributed by atoms with Crippen molar-refractivity contribution < 1.29 is 4.79 Å². The summed E-state index contributed by atoms with van der Waals surface area (Å²) < 4.78 is 1.86. The number of anilines is 1. The summed E-state index contributed by atoms with van der Waals surface area (Å²) in [4.78, 5) is 14.4. The van der Waals surface area contributed by atoms with E-state index in [2.05, 4.69) is 10.2 Å². The van der Waals surface area contributed by atoms with Crippen LogP contribution in [0.25, 0.3) is 11.4 Å². The van der Waals surface area contributed by atoms with Crippen LogP contribution < -0.4 is 4.90 Å². The summed E-state index contributed by atoms with van der Waals surface area (Å²) in [6, 6.07) is 17.1. The molecular weight excluding hydrogens is 368 g/mol. The SMILES string of the molecule is C[C@H](Sc1nnc(-c2ccccc2Cl)n1C)C(=O)N(C)c1ccccc1. The number of rotatable bonds is 5. The molecule has 0 saturated carbocycles. The van der Waals surface area contributed by atoms with Crippen LogP contribution in [0.4, 0.5) is 5.69 Å². The fraction of sp³-hybridized carbons (Fsp3) is 0.211. The molecule has 0 aliphatic carbocycles. The maximum atomic E-state index is 12.7. The minimum Gasteiger partial charge on any atom is -0.315 e. The minimum atomic E-state index is -0.304. The highest BCUT2D eigenvalue weighted by Crippen LogP contribution is 2.30. The monoisotopic (exact) mass is 386 g/mol. The number of amides is 1. The van der Waals surface area contributed by atoms with Crippen LogP contribution in [0.15, 0.2) is 59.8 Å². The van der Waals surface area contributed by atoms with Crippen LogP contribution in [0.3, 0.4) is 0 Å². The molecule has 3 rings (SSSR count). The van der Waals surface area contributed by atoms with Gasteiger partial charge in [0.25, 0.3) is 0 Å². The van der Waals surface area contributed by atoms with Crippen molar-refractivity contribution in [2.45, 2.75) is 17.3 Å². The topological polar surface area (TPSA) is 51.0 Å². The van der Waals surface area contributed by atoms with Crippen molar-refractivity contribution in [2.75, 3.05) is 11.9 Å². The summed E-state index contributed by atoms with van der Waals surface area (Å²) in [6.45, 7) is 1.87. The molecule has 26 heavy (non-hydrogen) atoms. The maximum Gasteiger partial charge on any atom is 0.240 e. The molecule has 5 nitrogen and oxygen atoms in total. The van der Waals surface area contributed by atoms with Crippen molar-refractivity contribution in [1.29, 1.82) is 0 Å². The molecule has 0 spiro atoms. The summed E-state index contributed by atoms with van der Waals surface area (Å²) in [5.41, 5.74) is 1.68. The van der Waals surface area contributed by atoms with Gasteiger partial charge < -0.3 is 9.47 Å². The third-order valence-electron chi connectivity index (χ3n) is 4.05. The number of hydrogen-bond acceptors (Lipinski definition) is 4. The van der Waals surface area contributed by atoms with E-state index in [1.165, 1.54) is 11.8 Å². The molecule has 0 bridgehead atoms. The molecule has 3 aromatic rings. The van der Waals surface area contributed by atoms with Gasteiger partial charge >= 0.3 is 0 Å². The van der Waals surface area contributed by atoms with Crippen LogP contribution in [0.2, 0.25) is 5.02 Å². The van der Waals surface area contributed by atoms with Crippen molar-refractivity contribution in [3.63, 3.8) is 0 Å². The first-order valence-corrected chi connectivity index (χ1v) is 9.38. The molecule has 7 heteroatoms. The lowest BCUT2D eigenvalue weighted by molar-refractivity contribution is -0.117. The summed E-state index contributed by atoms with van der Waals surface area (Å²) in [6.07, 6.45) is 0. The van der Waals surface area contributed by atoms with Gasteiger partial charge in [-0.3, -0.25) is 4.79 Å². The van der Waals surface area contributed by atoms with E-state index >= 15 is 0 Å². The molecule has 1 atom stereocenters. The molecular formula is C19H19ClN4OS. The highest BCUT2D eigenvalue weighted by Gasteiger charge is 2.23. The van der Waals surface area contributed by atoms with Gasteiger partial charge in [-0.15, -0.1) is 10.2 Å². The standard InChI is InChI=1S/C19H19ClN4OS/c1-13(18(25)23(2)14-9-5-4-6-10-14)26-19-22-21-17(24(19)3)15-11-7-8-12-16(15)20/h4-13H,1-3H3/t13-/m0/s1. The Labute approximate surface area is 162 Å². The smallest absolute Gasteiger partial charge is 0.240 e. The van der Waals surface area contributed by atoms with E-state index in [0.29, 0.717) is 16.0 Å². The van der Waals surface area contributed by atoms with Crippen molar-refractivity contribution in [3.05, 3.63) is 59.6 Å². The molecule has 0 saturated heterocycles. The van der Waals surface area contributed by atoms with Gasteiger partial charge in [-0.25, -0.2) is 0 Å². The van der Waals surface area contributed by atoms with Crippen molar-refractivity contribution in [3.8, 4) is 11.4 Å². The molecule has 0 N–H and O–H groups in total. The Morgan fingerprint density at radius 2 is 1.77 bits per heavy atom. The van der Waals surface area contributed by atoms with E-state index < -0.39 is 0 Å². The number of thioether (sulfide) groups is 1. The summed E-state index contributed by atoms with van der Waals surface area (Å²) in [7, 11) is 3.65. The average molecular weight is 387 g/mol. The zero-order valence-electron chi connectivity index (χ0n) is 14.8. The van der Waals surface area contributed by atoms with E-state index in [1.807, 2.05) is 73.1 Å². The first-order valence-electron chi connectivity index (χ1n) is 8.12. The second-order valence-corrected chi connectivity index (χ2v) is 7.55. The maximum absolute atomic E-state index is 12.7. The predicted octanol–water partition coefficient (Wildman–Crippen LogP) is 4.28. The molecule has 1 heterocycles. The second-order valence-electron chi connectivity index (χ2n) is 5.84. The molecule has 0 fully saturated rings. The van der Waals surface area contributed by atoms with Gasteiger partial charge in [0.15, 0.2) is 11.0 Å². The lowest BCUT2D eigenvalue weighted by Crippen LogP contribution is -2.33. The van der Waals surface area contributed by atoms with Crippen molar-refractivity contribution in [1.82, 2.24) is 14.8 Å². The molecule has 0 aliphatic rings. The lowest BCUT2D eigenvalue weighted by atomic mass is 10.2. The van der Waals surface area contributed by atoms with Gasteiger partial charge in [0.1, 0.15) is 0 Å². The number of nitrogens with zero attached hydrogens (tertiary/aromatic N) is 4. The molecule has 1 amide bonds. The fourth-order valence-corrected chi connectivity index (χ4v) is 3.68. The molecule has 0 radical (unpaired) electrons. The quantitative estimate of drug-likeness (QED) is 0.614. The van der Waals surface area contributed by atoms with Crippen LogP contribution in [0.5, 0.6) is 0 Å². The van der Waals surface area contributed by atoms with Gasteiger partial charge in [0, 0.05) is 25.3 Å². The second kappa shape index (κ2) is 7.93. The van der Waals surface area contributed by atoms with E-state index in [-0.39, 0.29) is 11.2 Å². The van der Waals surface area contributed by atoms with Crippen LogP contribution in [0.1, 0.15) is 6.92 Å². The number of carbonyl (C=O) groups excluding carboxylic acids is 1. The van der Waals surface area contributed by atoms with Gasteiger partial charge in [-0.2, -0.15) is 0 Å². The first kappa shape index (κ1) is 18.5. The lowest BCUT2D eigenvalue weighted by Gasteiger charge is -2.20. The zero-order valence-corrected chi connectivity index (χ0v) is 16.3. The van der Waals surface area contributed by atoms with E-state index in [1.54, 1.807) is 11.9 Å². The molecule has 134 valence electrons. The number of para-hydroxylation sites is 1. The summed E-state index contributed by atoms with van der Waals surface area (Å²) in [5, 5.41) is 9.46. The largest absolute Gasteiger partial charge is 0.315 e. The van der Waals surface area contributed by atoms with Crippen molar-refractivity contribution >= 4 is 35.0 Å². The average Bonchev–Trinajstić information content (AvgIpc) is 3.02. The van der Waals surface area contributed by atoms with Gasteiger partial charge in [-0.1, -0.05) is 53.7 Å². The minimum absolute atomic E-state index is 0.00323. The Kier molecular flexibility index (Phi) is 5.64. The predicted molar refractivity (Wildman–Crippen MR) is 107 cm³/mol. The number of halogens is 1. The molecule has 0 unspecified atom stereocenters. The number of benzene rings is 2. The summed E-state index contributed by atoms with van der Waals surface area (Å²) >= 11 is 7.63. The molecule has 1 aromatic heterocycles. The highest BCUT2D eigenvalue weighted by molar-refractivity contribution is 8.00. The Bertz CT molecular complexity index is 913. The molecule has 2 aromatic carbocycles. The van der Waals surface area contributed by atoms with Gasteiger partial charge in [-0.05, 0) is 31.2 Å². The number of carbonyl (C=O) groups is 1. The Morgan fingerprint density at radius 1 is 1.12 bits per heavy atom. The van der Waals surface area contributed by atoms with Gasteiger partial charge in [0.2, 0.25) is 5.91 Å². The third kappa shape index (κ3) is 3.76. The van der Waals surface area contributed by atoms with E-state index in [4.69, 9.17) is 11.6 Å². The normalized spacial score (nSPS) is 12.0. The Hall–Kier alpha value is -2.31. The van der Waals surface area contributed by atoms with Crippen LogP contribution in [-0.2, 0) is 11.8 Å². The zero-order chi connectivity index (χ0) is 18.7.